The number of carbonyl (C=O) groups excluding carboxylic acids is 2. The van der Waals surface area contributed by atoms with Gasteiger partial charge in [0.25, 0.3) is 0 Å². The molecule has 4 rings (SSSR count). The highest BCUT2D eigenvalue weighted by Gasteiger charge is 2.38. The van der Waals surface area contributed by atoms with Crippen LogP contribution >= 0.6 is 0 Å². The summed E-state index contributed by atoms with van der Waals surface area (Å²) in [6.07, 6.45) is 3.08. The van der Waals surface area contributed by atoms with Gasteiger partial charge < -0.3 is 15.0 Å². The molecule has 0 bridgehead atoms. The highest BCUT2D eigenvalue weighted by atomic mass is 16.5. The van der Waals surface area contributed by atoms with Gasteiger partial charge in [0.1, 0.15) is 0 Å². The molecular formula is C19H25N3O3. The van der Waals surface area contributed by atoms with E-state index in [1.54, 1.807) is 0 Å². The predicted molar refractivity (Wildman–Crippen MR) is 94.6 cm³/mol. The lowest BCUT2D eigenvalue weighted by Crippen LogP contribution is -2.56. The maximum Gasteiger partial charge on any atom is 0.234 e. The van der Waals surface area contributed by atoms with Crippen LogP contribution in [0.25, 0.3) is 0 Å². The molecule has 0 saturated carbocycles. The van der Waals surface area contributed by atoms with E-state index in [0.29, 0.717) is 12.8 Å². The van der Waals surface area contributed by atoms with E-state index < -0.39 is 0 Å². The third-order valence-electron chi connectivity index (χ3n) is 5.64. The second-order valence-electron chi connectivity index (χ2n) is 7.30. The fraction of sp³-hybridized carbons (Fsp3) is 0.579. The second kappa shape index (κ2) is 6.77. The zero-order chi connectivity index (χ0) is 17.3. The van der Waals surface area contributed by atoms with Gasteiger partial charge >= 0.3 is 0 Å². The summed E-state index contributed by atoms with van der Waals surface area (Å²) < 4.78 is 6.15. The highest BCUT2D eigenvalue weighted by Crippen LogP contribution is 2.32. The normalized spacial score (nSPS) is 26.6. The zero-order valence-electron chi connectivity index (χ0n) is 14.4. The molecule has 3 aliphatic heterocycles. The lowest BCUT2D eigenvalue weighted by atomic mass is 9.89. The number of hydrogen-bond donors (Lipinski definition) is 2. The first-order valence-corrected chi connectivity index (χ1v) is 9.19. The van der Waals surface area contributed by atoms with Crippen LogP contribution in [0.1, 0.15) is 37.2 Å². The van der Waals surface area contributed by atoms with E-state index >= 15 is 0 Å². The largest absolute Gasteiger partial charge is 0.371 e. The Morgan fingerprint density at radius 1 is 1.20 bits per heavy atom. The summed E-state index contributed by atoms with van der Waals surface area (Å²) in [7, 11) is 0. The standard InChI is InChI=1S/C19H25N3O3/c23-17-5-4-16(18(24)21-17)14-2-1-3-15(12-14)22-10-11-25-19(13-22)6-8-20-9-7-19/h1-3,12,16,20H,4-11,13H2,(H,21,23,24). The van der Waals surface area contributed by atoms with E-state index in [-0.39, 0.29) is 23.3 Å². The number of anilines is 1. The lowest BCUT2D eigenvalue weighted by molar-refractivity contribution is -0.134. The van der Waals surface area contributed by atoms with Gasteiger partial charge in [0.15, 0.2) is 0 Å². The first-order chi connectivity index (χ1) is 12.2. The number of carbonyl (C=O) groups is 2. The van der Waals surface area contributed by atoms with Crippen LogP contribution in [-0.4, -0.2) is 50.2 Å². The van der Waals surface area contributed by atoms with Gasteiger partial charge in [-0.15, -0.1) is 0 Å². The van der Waals surface area contributed by atoms with Gasteiger partial charge in [0.2, 0.25) is 11.8 Å². The van der Waals surface area contributed by atoms with E-state index in [1.807, 2.05) is 12.1 Å². The molecule has 1 spiro atoms. The number of ether oxygens (including phenoxy) is 1. The molecular weight excluding hydrogens is 318 g/mol. The van der Waals surface area contributed by atoms with Crippen LogP contribution in [0.5, 0.6) is 0 Å². The summed E-state index contributed by atoms with van der Waals surface area (Å²) in [5, 5.41) is 5.86. The monoisotopic (exact) mass is 343 g/mol. The maximum atomic E-state index is 12.2. The summed E-state index contributed by atoms with van der Waals surface area (Å²) in [6.45, 7) is 4.51. The van der Waals surface area contributed by atoms with Gasteiger partial charge in [0, 0.05) is 25.2 Å². The molecule has 0 aliphatic carbocycles. The van der Waals surface area contributed by atoms with Crippen molar-refractivity contribution in [3.8, 4) is 0 Å². The number of morpholine rings is 1. The van der Waals surface area contributed by atoms with Crippen molar-refractivity contribution in [1.29, 1.82) is 0 Å². The van der Waals surface area contributed by atoms with Crippen molar-refractivity contribution < 1.29 is 14.3 Å². The quantitative estimate of drug-likeness (QED) is 0.789. The Morgan fingerprint density at radius 3 is 2.84 bits per heavy atom. The van der Waals surface area contributed by atoms with Crippen molar-refractivity contribution >= 4 is 17.5 Å². The minimum Gasteiger partial charge on any atom is -0.371 e. The predicted octanol–water partition coefficient (Wildman–Crippen LogP) is 1.17. The molecule has 1 aromatic carbocycles. The van der Waals surface area contributed by atoms with Crippen molar-refractivity contribution in [3.63, 3.8) is 0 Å². The number of benzene rings is 1. The highest BCUT2D eigenvalue weighted by molar-refractivity contribution is 6.01. The third kappa shape index (κ3) is 3.41. The van der Waals surface area contributed by atoms with Crippen molar-refractivity contribution in [1.82, 2.24) is 10.6 Å². The molecule has 0 radical (unpaired) electrons. The summed E-state index contributed by atoms with van der Waals surface area (Å²) in [6, 6.07) is 8.22. The molecule has 0 aromatic heterocycles. The fourth-order valence-electron chi connectivity index (χ4n) is 4.20. The molecule has 3 aliphatic rings. The van der Waals surface area contributed by atoms with E-state index in [1.165, 1.54) is 0 Å². The van der Waals surface area contributed by atoms with E-state index in [4.69, 9.17) is 4.74 Å². The topological polar surface area (TPSA) is 70.7 Å². The number of rotatable bonds is 2. The number of nitrogens with zero attached hydrogens (tertiary/aromatic N) is 1. The van der Waals surface area contributed by atoms with Crippen LogP contribution < -0.4 is 15.5 Å². The molecule has 3 fully saturated rings. The molecule has 6 heteroatoms. The summed E-state index contributed by atoms with van der Waals surface area (Å²) in [5.41, 5.74) is 2.09. The van der Waals surface area contributed by atoms with Gasteiger partial charge in [-0.2, -0.15) is 0 Å². The molecule has 3 saturated heterocycles. The molecule has 6 nitrogen and oxygen atoms in total. The van der Waals surface area contributed by atoms with E-state index in [0.717, 1.165) is 56.9 Å². The number of imide groups is 1. The molecule has 2 N–H and O–H groups in total. The van der Waals surface area contributed by atoms with Crippen LogP contribution in [0.15, 0.2) is 24.3 Å². The minimum atomic E-state index is -0.230. The molecule has 1 unspecified atom stereocenters. The number of hydrogen-bond acceptors (Lipinski definition) is 5. The average molecular weight is 343 g/mol. The van der Waals surface area contributed by atoms with Crippen LogP contribution in [0.3, 0.4) is 0 Å². The fourth-order valence-corrected chi connectivity index (χ4v) is 4.20. The molecule has 1 atom stereocenters. The molecule has 1 aromatic rings. The van der Waals surface area contributed by atoms with Crippen LogP contribution in [0, 0.1) is 0 Å². The van der Waals surface area contributed by atoms with Gasteiger partial charge in [-0.25, -0.2) is 0 Å². The van der Waals surface area contributed by atoms with Gasteiger partial charge in [-0.1, -0.05) is 12.1 Å². The minimum absolute atomic E-state index is 0.0475. The summed E-state index contributed by atoms with van der Waals surface area (Å²) in [4.78, 5) is 25.9. The van der Waals surface area contributed by atoms with E-state index in [9.17, 15) is 9.59 Å². The molecule has 25 heavy (non-hydrogen) atoms. The summed E-state index contributed by atoms with van der Waals surface area (Å²) in [5.74, 6) is -0.574. The molecule has 134 valence electrons. The van der Waals surface area contributed by atoms with E-state index in [2.05, 4.69) is 27.7 Å². The lowest BCUT2D eigenvalue weighted by Gasteiger charge is -2.46. The first-order valence-electron chi connectivity index (χ1n) is 9.19. The van der Waals surface area contributed by atoms with Gasteiger partial charge in [-0.05, 0) is 50.0 Å². The molecule has 3 heterocycles. The Kier molecular flexibility index (Phi) is 4.48. The average Bonchev–Trinajstić information content (AvgIpc) is 2.62. The third-order valence-corrected chi connectivity index (χ3v) is 5.64. The van der Waals surface area contributed by atoms with Crippen molar-refractivity contribution in [2.75, 3.05) is 37.7 Å². The van der Waals surface area contributed by atoms with Crippen LogP contribution in [0.2, 0.25) is 0 Å². The smallest absolute Gasteiger partial charge is 0.234 e. The van der Waals surface area contributed by atoms with Crippen molar-refractivity contribution in [2.24, 2.45) is 0 Å². The Morgan fingerprint density at radius 2 is 2.04 bits per heavy atom. The number of amides is 2. The Hall–Kier alpha value is -1.92. The van der Waals surface area contributed by atoms with Gasteiger partial charge in [-0.3, -0.25) is 14.9 Å². The first kappa shape index (κ1) is 16.5. The van der Waals surface area contributed by atoms with Crippen LogP contribution in [0.4, 0.5) is 5.69 Å². The van der Waals surface area contributed by atoms with Crippen LogP contribution in [-0.2, 0) is 14.3 Å². The van der Waals surface area contributed by atoms with Gasteiger partial charge in [0.05, 0.1) is 18.1 Å². The SMILES string of the molecule is O=C1CCC(c2cccc(N3CCOC4(CCNCC4)C3)c2)C(=O)N1. The Balaban J connectivity index is 1.53. The number of piperidine rings is 2. The summed E-state index contributed by atoms with van der Waals surface area (Å²) >= 11 is 0. The number of nitrogens with one attached hydrogen (secondary N) is 2. The Labute approximate surface area is 147 Å². The zero-order valence-corrected chi connectivity index (χ0v) is 14.4. The van der Waals surface area contributed by atoms with Crippen molar-refractivity contribution in [2.45, 2.75) is 37.2 Å². The second-order valence-corrected chi connectivity index (χ2v) is 7.30. The molecule has 2 amide bonds. The van der Waals surface area contributed by atoms with Crippen molar-refractivity contribution in [3.05, 3.63) is 29.8 Å². The maximum absolute atomic E-state index is 12.2. The Bertz CT molecular complexity index is 664.